The van der Waals surface area contributed by atoms with Crippen molar-refractivity contribution in [1.82, 2.24) is 10.0 Å². The van der Waals surface area contributed by atoms with Gasteiger partial charge in [0, 0.05) is 17.2 Å². The highest BCUT2D eigenvalue weighted by molar-refractivity contribution is 9.10. The molecule has 0 unspecified atom stereocenters. The molecule has 0 aliphatic carbocycles. The molecule has 0 heterocycles. The minimum Gasteiger partial charge on any atom is -0.398 e. The zero-order valence-electron chi connectivity index (χ0n) is 8.32. The second-order valence-corrected chi connectivity index (χ2v) is 5.40. The van der Waals surface area contributed by atoms with E-state index in [0.29, 0.717) is 4.47 Å². The maximum absolute atomic E-state index is 11.6. The van der Waals surface area contributed by atoms with Gasteiger partial charge in [-0.2, -0.15) is 0 Å². The van der Waals surface area contributed by atoms with Crippen molar-refractivity contribution in [2.24, 2.45) is 0 Å². The third-order valence-electron chi connectivity index (χ3n) is 1.73. The quantitative estimate of drug-likeness (QED) is 0.698. The Labute approximate surface area is 101 Å². The lowest BCUT2D eigenvalue weighted by Gasteiger charge is -2.07. The zero-order chi connectivity index (χ0) is 12.3. The van der Waals surface area contributed by atoms with E-state index in [-0.39, 0.29) is 10.6 Å². The summed E-state index contributed by atoms with van der Waals surface area (Å²) in [5.41, 5.74) is 5.82. The van der Waals surface area contributed by atoms with E-state index in [1.807, 2.05) is 4.72 Å². The van der Waals surface area contributed by atoms with Crippen LogP contribution in [0.4, 0.5) is 10.5 Å². The number of sulfonamides is 1. The van der Waals surface area contributed by atoms with Gasteiger partial charge in [0.25, 0.3) is 10.0 Å². The highest BCUT2D eigenvalue weighted by Crippen LogP contribution is 2.22. The molecule has 6 nitrogen and oxygen atoms in total. The molecule has 8 heteroatoms. The van der Waals surface area contributed by atoms with Crippen molar-refractivity contribution in [1.29, 1.82) is 0 Å². The van der Waals surface area contributed by atoms with Crippen LogP contribution in [0.3, 0.4) is 0 Å². The zero-order valence-corrected chi connectivity index (χ0v) is 10.7. The third kappa shape index (κ3) is 2.86. The summed E-state index contributed by atoms with van der Waals surface area (Å²) in [6.07, 6.45) is 0. The van der Waals surface area contributed by atoms with Crippen LogP contribution in [0.15, 0.2) is 27.6 Å². The normalized spacial score (nSPS) is 10.9. The van der Waals surface area contributed by atoms with Gasteiger partial charge in [-0.25, -0.2) is 17.9 Å². The molecule has 2 amide bonds. The SMILES string of the molecule is CNC(=O)NS(=O)(=O)c1ccc(Br)c(N)c1. The first kappa shape index (κ1) is 12.8. The number of urea groups is 1. The van der Waals surface area contributed by atoms with Gasteiger partial charge in [-0.15, -0.1) is 0 Å². The second-order valence-electron chi connectivity index (χ2n) is 2.87. The first-order valence-corrected chi connectivity index (χ1v) is 6.44. The molecule has 0 bridgehead atoms. The molecular formula is C8H10BrN3O3S. The van der Waals surface area contributed by atoms with E-state index < -0.39 is 16.1 Å². The van der Waals surface area contributed by atoms with Gasteiger partial charge in [0.2, 0.25) is 0 Å². The molecule has 0 aliphatic heterocycles. The first-order valence-electron chi connectivity index (χ1n) is 4.16. The summed E-state index contributed by atoms with van der Waals surface area (Å²) in [4.78, 5) is 10.8. The van der Waals surface area contributed by atoms with Gasteiger partial charge in [-0.1, -0.05) is 0 Å². The van der Waals surface area contributed by atoms with Crippen LogP contribution < -0.4 is 15.8 Å². The summed E-state index contributed by atoms with van der Waals surface area (Å²) < 4.78 is 25.7. The lowest BCUT2D eigenvalue weighted by molar-refractivity contribution is 0.248. The molecule has 1 rings (SSSR count). The standard InChI is InChI=1S/C8H10BrN3O3S/c1-11-8(13)12-16(14,15)5-2-3-6(9)7(10)4-5/h2-4H,10H2,1H3,(H2,11,12,13). The van der Waals surface area contributed by atoms with Crippen LogP contribution in [0.25, 0.3) is 0 Å². The number of carbonyl (C=O) groups excluding carboxylic acids is 1. The fourth-order valence-electron chi connectivity index (χ4n) is 0.921. The molecular weight excluding hydrogens is 298 g/mol. The third-order valence-corrected chi connectivity index (χ3v) is 3.78. The summed E-state index contributed by atoms with van der Waals surface area (Å²) in [7, 11) is -2.55. The lowest BCUT2D eigenvalue weighted by atomic mass is 10.3. The molecule has 88 valence electrons. The van der Waals surface area contributed by atoms with Crippen LogP contribution in [0.2, 0.25) is 0 Å². The maximum atomic E-state index is 11.6. The molecule has 0 aliphatic rings. The average Bonchev–Trinajstić information content (AvgIpc) is 2.21. The number of hydrogen-bond donors (Lipinski definition) is 3. The van der Waals surface area contributed by atoms with E-state index >= 15 is 0 Å². The van der Waals surface area contributed by atoms with Gasteiger partial charge in [-0.3, -0.25) is 0 Å². The minimum atomic E-state index is -3.87. The lowest BCUT2D eigenvalue weighted by Crippen LogP contribution is -2.37. The Hall–Kier alpha value is -1.28. The van der Waals surface area contributed by atoms with E-state index in [4.69, 9.17) is 5.73 Å². The maximum Gasteiger partial charge on any atom is 0.328 e. The van der Waals surface area contributed by atoms with Gasteiger partial charge < -0.3 is 11.1 Å². The summed E-state index contributed by atoms with van der Waals surface area (Å²) in [5.74, 6) is 0. The van der Waals surface area contributed by atoms with Crippen molar-refractivity contribution in [2.75, 3.05) is 12.8 Å². The topological polar surface area (TPSA) is 101 Å². The fraction of sp³-hybridized carbons (Fsp3) is 0.125. The predicted octanol–water partition coefficient (Wildman–Crippen LogP) is 0.649. The average molecular weight is 308 g/mol. The monoisotopic (exact) mass is 307 g/mol. The smallest absolute Gasteiger partial charge is 0.328 e. The van der Waals surface area contributed by atoms with E-state index in [1.165, 1.54) is 25.2 Å². The fourth-order valence-corrected chi connectivity index (χ4v) is 2.16. The molecule has 0 atom stereocenters. The van der Waals surface area contributed by atoms with Crippen LogP contribution in [0.1, 0.15) is 0 Å². The largest absolute Gasteiger partial charge is 0.398 e. The summed E-state index contributed by atoms with van der Waals surface area (Å²) in [6.45, 7) is 0. The second kappa shape index (κ2) is 4.71. The van der Waals surface area contributed by atoms with Crippen LogP contribution in [0.5, 0.6) is 0 Å². The van der Waals surface area contributed by atoms with E-state index in [2.05, 4.69) is 21.2 Å². The van der Waals surface area contributed by atoms with Gasteiger partial charge in [0.1, 0.15) is 0 Å². The number of rotatable bonds is 2. The molecule has 0 spiro atoms. The van der Waals surface area contributed by atoms with Gasteiger partial charge >= 0.3 is 6.03 Å². The van der Waals surface area contributed by atoms with E-state index in [1.54, 1.807) is 0 Å². The Morgan fingerprint density at radius 2 is 2.06 bits per heavy atom. The van der Waals surface area contributed by atoms with Crippen LogP contribution in [-0.2, 0) is 10.0 Å². The summed E-state index contributed by atoms with van der Waals surface area (Å²) in [6, 6.07) is 3.29. The highest BCUT2D eigenvalue weighted by Gasteiger charge is 2.17. The molecule has 0 fully saturated rings. The molecule has 1 aromatic rings. The number of carbonyl (C=O) groups is 1. The summed E-state index contributed by atoms with van der Waals surface area (Å²) in [5, 5.41) is 2.15. The van der Waals surface area contributed by atoms with Gasteiger partial charge in [0.15, 0.2) is 0 Å². The van der Waals surface area contributed by atoms with Gasteiger partial charge in [-0.05, 0) is 34.1 Å². The molecule has 1 aromatic carbocycles. The van der Waals surface area contributed by atoms with Crippen molar-refractivity contribution in [3.63, 3.8) is 0 Å². The van der Waals surface area contributed by atoms with Crippen LogP contribution >= 0.6 is 15.9 Å². The number of anilines is 1. The number of nitrogens with two attached hydrogens (primary N) is 1. The predicted molar refractivity (Wildman–Crippen MR) is 63.3 cm³/mol. The van der Waals surface area contributed by atoms with Crippen molar-refractivity contribution < 1.29 is 13.2 Å². The summed E-state index contributed by atoms with van der Waals surface area (Å²) >= 11 is 3.14. The Balaban J connectivity index is 3.08. The van der Waals surface area contributed by atoms with E-state index in [0.717, 1.165) is 0 Å². The molecule has 16 heavy (non-hydrogen) atoms. The van der Waals surface area contributed by atoms with Crippen molar-refractivity contribution in [3.05, 3.63) is 22.7 Å². The van der Waals surface area contributed by atoms with E-state index in [9.17, 15) is 13.2 Å². The number of hydrogen-bond acceptors (Lipinski definition) is 4. The van der Waals surface area contributed by atoms with Gasteiger partial charge in [0.05, 0.1) is 4.90 Å². The molecule has 0 aromatic heterocycles. The van der Waals surface area contributed by atoms with Crippen molar-refractivity contribution >= 4 is 37.7 Å². The van der Waals surface area contributed by atoms with Crippen LogP contribution in [0, 0.1) is 0 Å². The number of amides is 2. The Morgan fingerprint density at radius 1 is 1.44 bits per heavy atom. The number of halogens is 1. The highest BCUT2D eigenvalue weighted by atomic mass is 79.9. The van der Waals surface area contributed by atoms with Crippen molar-refractivity contribution in [2.45, 2.75) is 4.90 Å². The van der Waals surface area contributed by atoms with Crippen LogP contribution in [-0.4, -0.2) is 21.5 Å². The first-order chi connectivity index (χ1) is 7.36. The van der Waals surface area contributed by atoms with Crippen molar-refractivity contribution in [3.8, 4) is 0 Å². The molecule has 0 radical (unpaired) electrons. The number of nitrogens with one attached hydrogen (secondary N) is 2. The number of nitrogen functional groups attached to an aromatic ring is 1. The minimum absolute atomic E-state index is 0.0724. The Kier molecular flexibility index (Phi) is 3.76. The number of benzene rings is 1. The Bertz CT molecular complexity index is 515. The molecule has 4 N–H and O–H groups in total. The Morgan fingerprint density at radius 3 is 2.56 bits per heavy atom. The molecule has 0 saturated heterocycles. The molecule has 0 saturated carbocycles.